The molecule has 0 saturated heterocycles. The summed E-state index contributed by atoms with van der Waals surface area (Å²) in [5.41, 5.74) is 2.51. The number of carbonyl (C=O) groups is 1. The lowest BCUT2D eigenvalue weighted by Gasteiger charge is -2.13. The summed E-state index contributed by atoms with van der Waals surface area (Å²) < 4.78 is 33.1. The number of benzene rings is 3. The highest BCUT2D eigenvalue weighted by Crippen LogP contribution is 2.39. The van der Waals surface area contributed by atoms with Crippen LogP contribution in [0.4, 0.5) is 0 Å². The van der Waals surface area contributed by atoms with Crippen LogP contribution in [0.15, 0.2) is 71.6 Å². The molecule has 1 heterocycles. The zero-order valence-corrected chi connectivity index (χ0v) is 16.3. The molecule has 4 aromatic rings. The van der Waals surface area contributed by atoms with Gasteiger partial charge >= 0.3 is 0 Å². The minimum atomic E-state index is -3.96. The number of fused-ring (bicyclic) bond motifs is 2. The molecule has 144 valence electrons. The van der Waals surface area contributed by atoms with E-state index in [1.807, 2.05) is 13.0 Å². The molecule has 5 rings (SSSR count). The summed E-state index contributed by atoms with van der Waals surface area (Å²) in [5, 5.41) is 5.01. The standard InChI is InChI=1S/C22H16N2O4S/c1-2-28-14-10-12-15(13-11-14)29(26,27)24-19-9-5-8-18-20(19)21(23-24)16-6-3-4-7-17(16)22(18)25/h3-13H,2H2,1H3. The van der Waals surface area contributed by atoms with Crippen LogP contribution in [0.2, 0.25) is 0 Å². The van der Waals surface area contributed by atoms with Crippen molar-refractivity contribution in [2.75, 3.05) is 6.61 Å². The van der Waals surface area contributed by atoms with E-state index >= 15 is 0 Å². The second-order valence-corrected chi connectivity index (χ2v) is 8.44. The lowest BCUT2D eigenvalue weighted by atomic mass is 9.87. The molecular weight excluding hydrogens is 388 g/mol. The Labute approximate surface area is 167 Å². The molecule has 0 atom stereocenters. The molecule has 1 aliphatic rings. The van der Waals surface area contributed by atoms with Gasteiger partial charge in [-0.15, -0.1) is 0 Å². The van der Waals surface area contributed by atoms with Crippen molar-refractivity contribution in [3.05, 3.63) is 77.9 Å². The summed E-state index contributed by atoms with van der Waals surface area (Å²) in [6.45, 7) is 2.36. The molecule has 3 aromatic carbocycles. The molecule has 29 heavy (non-hydrogen) atoms. The number of hydrogen-bond acceptors (Lipinski definition) is 5. The number of aromatic nitrogens is 2. The second kappa shape index (κ2) is 6.28. The molecule has 7 heteroatoms. The summed E-state index contributed by atoms with van der Waals surface area (Å²) in [5.74, 6) is 0.467. The highest BCUT2D eigenvalue weighted by Gasteiger charge is 2.31. The summed E-state index contributed by atoms with van der Waals surface area (Å²) >= 11 is 0. The highest BCUT2D eigenvalue weighted by atomic mass is 32.2. The molecule has 0 aliphatic heterocycles. The fourth-order valence-corrected chi connectivity index (χ4v) is 4.99. The summed E-state index contributed by atoms with van der Waals surface area (Å²) in [7, 11) is -3.96. The van der Waals surface area contributed by atoms with Gasteiger partial charge in [0.1, 0.15) is 11.4 Å². The van der Waals surface area contributed by atoms with Crippen molar-refractivity contribution in [3.8, 4) is 17.0 Å². The van der Waals surface area contributed by atoms with Crippen molar-refractivity contribution >= 4 is 26.7 Å². The van der Waals surface area contributed by atoms with Crippen molar-refractivity contribution in [1.29, 1.82) is 0 Å². The first-order valence-electron chi connectivity index (χ1n) is 9.16. The van der Waals surface area contributed by atoms with Gasteiger partial charge in [-0.05, 0) is 37.3 Å². The Kier molecular flexibility index (Phi) is 3.82. The number of rotatable bonds is 4. The van der Waals surface area contributed by atoms with Gasteiger partial charge in [0.05, 0.1) is 17.0 Å². The van der Waals surface area contributed by atoms with Gasteiger partial charge in [-0.3, -0.25) is 4.79 Å². The van der Waals surface area contributed by atoms with Crippen molar-refractivity contribution in [3.63, 3.8) is 0 Å². The maximum atomic E-state index is 13.3. The first kappa shape index (κ1) is 17.6. The van der Waals surface area contributed by atoms with E-state index in [4.69, 9.17) is 4.74 Å². The highest BCUT2D eigenvalue weighted by molar-refractivity contribution is 7.90. The molecular formula is C22H16N2O4S. The molecule has 0 N–H and O–H groups in total. The summed E-state index contributed by atoms with van der Waals surface area (Å²) in [4.78, 5) is 13.0. The Morgan fingerprint density at radius 2 is 1.59 bits per heavy atom. The Morgan fingerprint density at radius 3 is 2.31 bits per heavy atom. The lowest BCUT2D eigenvalue weighted by molar-refractivity contribution is 0.104. The number of nitrogens with zero attached hydrogens (tertiary/aromatic N) is 2. The first-order valence-corrected chi connectivity index (χ1v) is 10.6. The minimum absolute atomic E-state index is 0.0983. The van der Waals surface area contributed by atoms with E-state index in [1.165, 1.54) is 12.1 Å². The normalized spacial score (nSPS) is 12.8. The first-order chi connectivity index (χ1) is 14.0. The molecule has 6 nitrogen and oxygen atoms in total. The topological polar surface area (TPSA) is 78.3 Å². The van der Waals surface area contributed by atoms with Crippen LogP contribution in [0, 0.1) is 0 Å². The summed E-state index contributed by atoms with van der Waals surface area (Å²) in [6, 6.07) is 18.4. The lowest BCUT2D eigenvalue weighted by Crippen LogP contribution is -2.14. The van der Waals surface area contributed by atoms with Crippen LogP contribution >= 0.6 is 0 Å². The summed E-state index contributed by atoms with van der Waals surface area (Å²) in [6.07, 6.45) is 0. The van der Waals surface area contributed by atoms with Gasteiger partial charge in [0, 0.05) is 22.1 Å². The SMILES string of the molecule is CCOc1ccc(S(=O)(=O)n2nc3c4c(cccc42)C(=O)c2ccccc2-3)cc1. The maximum absolute atomic E-state index is 13.3. The van der Waals surface area contributed by atoms with Gasteiger partial charge in [0.2, 0.25) is 0 Å². The van der Waals surface area contributed by atoms with Crippen LogP contribution in [0.3, 0.4) is 0 Å². The van der Waals surface area contributed by atoms with Crippen LogP contribution in [0.5, 0.6) is 5.75 Å². The fraction of sp³-hybridized carbons (Fsp3) is 0.0909. The van der Waals surface area contributed by atoms with E-state index in [2.05, 4.69) is 5.10 Å². The van der Waals surface area contributed by atoms with Crippen molar-refractivity contribution in [2.45, 2.75) is 11.8 Å². The van der Waals surface area contributed by atoms with E-state index in [0.717, 1.165) is 4.09 Å². The average Bonchev–Trinajstić information content (AvgIpc) is 3.14. The van der Waals surface area contributed by atoms with Crippen LogP contribution in [0.25, 0.3) is 22.2 Å². The Balaban J connectivity index is 1.76. The fourth-order valence-electron chi connectivity index (χ4n) is 3.71. The van der Waals surface area contributed by atoms with Gasteiger partial charge in [0.25, 0.3) is 10.0 Å². The molecule has 0 saturated carbocycles. The van der Waals surface area contributed by atoms with Gasteiger partial charge in [-0.1, -0.05) is 36.4 Å². The van der Waals surface area contributed by atoms with E-state index in [1.54, 1.807) is 48.5 Å². The monoisotopic (exact) mass is 404 g/mol. The zero-order chi connectivity index (χ0) is 20.2. The molecule has 0 unspecified atom stereocenters. The molecule has 0 bridgehead atoms. The molecule has 0 amide bonds. The van der Waals surface area contributed by atoms with Crippen LogP contribution < -0.4 is 4.74 Å². The number of hydrogen-bond donors (Lipinski definition) is 0. The molecule has 0 fully saturated rings. The Bertz CT molecular complexity index is 1390. The minimum Gasteiger partial charge on any atom is -0.494 e. The number of ketones is 1. The molecule has 1 aliphatic carbocycles. The zero-order valence-electron chi connectivity index (χ0n) is 15.5. The molecule has 0 spiro atoms. The largest absolute Gasteiger partial charge is 0.494 e. The van der Waals surface area contributed by atoms with Crippen molar-refractivity contribution in [2.24, 2.45) is 0 Å². The van der Waals surface area contributed by atoms with E-state index in [0.29, 0.717) is 45.6 Å². The van der Waals surface area contributed by atoms with Crippen LogP contribution in [0.1, 0.15) is 22.8 Å². The number of ether oxygens (including phenoxy) is 1. The molecule has 0 radical (unpaired) electrons. The Hall–Kier alpha value is -3.45. The molecule has 1 aromatic heterocycles. The Morgan fingerprint density at radius 1 is 0.897 bits per heavy atom. The maximum Gasteiger partial charge on any atom is 0.283 e. The van der Waals surface area contributed by atoms with Crippen molar-refractivity contribution < 1.29 is 17.9 Å². The van der Waals surface area contributed by atoms with Gasteiger partial charge in [0.15, 0.2) is 5.78 Å². The van der Waals surface area contributed by atoms with Crippen LogP contribution in [-0.4, -0.2) is 30.0 Å². The van der Waals surface area contributed by atoms with E-state index < -0.39 is 10.0 Å². The third kappa shape index (κ3) is 2.51. The van der Waals surface area contributed by atoms with Crippen molar-refractivity contribution in [1.82, 2.24) is 9.19 Å². The predicted octanol–water partition coefficient (Wildman–Crippen LogP) is 3.88. The third-order valence-corrected chi connectivity index (χ3v) is 6.61. The third-order valence-electron chi connectivity index (χ3n) is 5.01. The van der Waals surface area contributed by atoms with Gasteiger partial charge < -0.3 is 4.74 Å². The smallest absolute Gasteiger partial charge is 0.283 e. The average molecular weight is 404 g/mol. The quantitative estimate of drug-likeness (QED) is 0.454. The van der Waals surface area contributed by atoms with E-state index in [9.17, 15) is 13.2 Å². The predicted molar refractivity (Wildman–Crippen MR) is 109 cm³/mol. The van der Waals surface area contributed by atoms with Gasteiger partial charge in [-0.2, -0.15) is 17.6 Å². The number of carbonyl (C=O) groups excluding carboxylic acids is 1. The second-order valence-electron chi connectivity index (χ2n) is 6.68. The van der Waals surface area contributed by atoms with Crippen LogP contribution in [-0.2, 0) is 10.0 Å². The van der Waals surface area contributed by atoms with E-state index in [-0.39, 0.29) is 10.7 Å². The van der Waals surface area contributed by atoms with Gasteiger partial charge in [-0.25, -0.2) is 0 Å².